The third-order valence-electron chi connectivity index (χ3n) is 4.21. The van der Waals surface area contributed by atoms with Crippen LogP contribution in [0, 0.1) is 17.8 Å². The standard InChI is InChI=1S/C13H27N/c1-10-5-7-13(9-11(10)2)8-6-12(3)14-4/h10-14H,5-9H2,1-4H3. The Labute approximate surface area is 89.7 Å². The minimum Gasteiger partial charge on any atom is -0.317 e. The van der Waals surface area contributed by atoms with Crippen molar-refractivity contribution in [3.63, 3.8) is 0 Å². The topological polar surface area (TPSA) is 12.0 Å². The van der Waals surface area contributed by atoms with E-state index in [0.717, 1.165) is 17.8 Å². The first-order valence-corrected chi connectivity index (χ1v) is 6.30. The van der Waals surface area contributed by atoms with Gasteiger partial charge < -0.3 is 5.32 Å². The minimum atomic E-state index is 0.699. The molecule has 0 spiro atoms. The molecule has 0 aliphatic heterocycles. The normalized spacial score (nSPS) is 35.6. The second kappa shape index (κ2) is 5.75. The average Bonchev–Trinajstić information content (AvgIpc) is 2.19. The van der Waals surface area contributed by atoms with E-state index < -0.39 is 0 Å². The van der Waals surface area contributed by atoms with Crippen LogP contribution in [0.25, 0.3) is 0 Å². The Morgan fingerprint density at radius 3 is 2.50 bits per heavy atom. The highest BCUT2D eigenvalue weighted by Crippen LogP contribution is 2.35. The summed E-state index contributed by atoms with van der Waals surface area (Å²) in [6, 6.07) is 0.699. The zero-order chi connectivity index (χ0) is 10.6. The van der Waals surface area contributed by atoms with Crippen molar-refractivity contribution in [2.24, 2.45) is 17.8 Å². The number of rotatable bonds is 4. The molecule has 0 aromatic carbocycles. The first kappa shape index (κ1) is 12.0. The highest BCUT2D eigenvalue weighted by molar-refractivity contribution is 4.76. The zero-order valence-electron chi connectivity index (χ0n) is 10.3. The van der Waals surface area contributed by atoms with E-state index in [1.807, 2.05) is 0 Å². The first-order chi connectivity index (χ1) is 6.63. The van der Waals surface area contributed by atoms with Crippen LogP contribution in [0.15, 0.2) is 0 Å². The third-order valence-corrected chi connectivity index (χ3v) is 4.21. The third kappa shape index (κ3) is 3.61. The van der Waals surface area contributed by atoms with Crippen LogP contribution in [0.3, 0.4) is 0 Å². The fraction of sp³-hybridized carbons (Fsp3) is 1.00. The van der Waals surface area contributed by atoms with Gasteiger partial charge in [-0.15, -0.1) is 0 Å². The molecule has 0 amide bonds. The molecule has 84 valence electrons. The summed E-state index contributed by atoms with van der Waals surface area (Å²) < 4.78 is 0. The minimum absolute atomic E-state index is 0.699. The molecule has 1 fully saturated rings. The lowest BCUT2D eigenvalue weighted by atomic mass is 9.74. The second-order valence-electron chi connectivity index (χ2n) is 5.40. The van der Waals surface area contributed by atoms with Gasteiger partial charge in [0.1, 0.15) is 0 Å². The van der Waals surface area contributed by atoms with Crippen LogP contribution in [0.4, 0.5) is 0 Å². The summed E-state index contributed by atoms with van der Waals surface area (Å²) in [6.07, 6.45) is 7.18. The van der Waals surface area contributed by atoms with Gasteiger partial charge in [-0.25, -0.2) is 0 Å². The predicted octanol–water partition coefficient (Wildman–Crippen LogP) is 3.45. The molecular formula is C13H27N. The maximum atomic E-state index is 3.32. The fourth-order valence-electron chi connectivity index (χ4n) is 2.55. The van der Waals surface area contributed by atoms with Gasteiger partial charge in [0.15, 0.2) is 0 Å². The van der Waals surface area contributed by atoms with Gasteiger partial charge in [-0.3, -0.25) is 0 Å². The van der Waals surface area contributed by atoms with Crippen molar-refractivity contribution >= 4 is 0 Å². The molecule has 1 nitrogen and oxygen atoms in total. The van der Waals surface area contributed by atoms with Crippen LogP contribution in [0.5, 0.6) is 0 Å². The molecule has 1 N–H and O–H groups in total. The van der Waals surface area contributed by atoms with Crippen LogP contribution >= 0.6 is 0 Å². The van der Waals surface area contributed by atoms with Crippen LogP contribution in [-0.2, 0) is 0 Å². The van der Waals surface area contributed by atoms with Gasteiger partial charge >= 0.3 is 0 Å². The van der Waals surface area contributed by atoms with Gasteiger partial charge in [0.2, 0.25) is 0 Å². The fourth-order valence-corrected chi connectivity index (χ4v) is 2.55. The Hall–Kier alpha value is -0.0400. The van der Waals surface area contributed by atoms with E-state index in [4.69, 9.17) is 0 Å². The maximum absolute atomic E-state index is 3.32. The van der Waals surface area contributed by atoms with E-state index in [0.29, 0.717) is 6.04 Å². The lowest BCUT2D eigenvalue weighted by Crippen LogP contribution is -2.25. The molecule has 0 heterocycles. The summed E-state index contributed by atoms with van der Waals surface area (Å²) in [5, 5.41) is 3.32. The first-order valence-electron chi connectivity index (χ1n) is 6.30. The zero-order valence-corrected chi connectivity index (χ0v) is 10.3. The Morgan fingerprint density at radius 1 is 1.21 bits per heavy atom. The molecule has 0 aromatic heterocycles. The highest BCUT2D eigenvalue weighted by atomic mass is 14.8. The van der Waals surface area contributed by atoms with Crippen molar-refractivity contribution in [3.8, 4) is 0 Å². The highest BCUT2D eigenvalue weighted by Gasteiger charge is 2.24. The molecule has 0 radical (unpaired) electrons. The molecule has 1 saturated carbocycles. The van der Waals surface area contributed by atoms with Crippen LogP contribution in [0.1, 0.15) is 52.9 Å². The maximum Gasteiger partial charge on any atom is 0.00358 e. The average molecular weight is 197 g/mol. The van der Waals surface area contributed by atoms with E-state index in [9.17, 15) is 0 Å². The molecule has 0 bridgehead atoms. The molecule has 0 aromatic rings. The summed E-state index contributed by atoms with van der Waals surface area (Å²) in [7, 11) is 2.07. The molecule has 1 aliphatic carbocycles. The monoisotopic (exact) mass is 197 g/mol. The van der Waals surface area contributed by atoms with E-state index in [1.165, 1.54) is 32.1 Å². The summed E-state index contributed by atoms with van der Waals surface area (Å²) in [5.74, 6) is 2.93. The van der Waals surface area contributed by atoms with Crippen LogP contribution in [-0.4, -0.2) is 13.1 Å². The van der Waals surface area contributed by atoms with Gasteiger partial charge in [-0.1, -0.05) is 26.7 Å². The van der Waals surface area contributed by atoms with Gasteiger partial charge in [0, 0.05) is 6.04 Å². The molecule has 0 saturated heterocycles. The SMILES string of the molecule is CNC(C)CCC1CCC(C)C(C)C1. The van der Waals surface area contributed by atoms with Crippen LogP contribution in [0.2, 0.25) is 0 Å². The van der Waals surface area contributed by atoms with E-state index in [2.05, 4.69) is 33.1 Å². The van der Waals surface area contributed by atoms with Crippen molar-refractivity contribution in [2.75, 3.05) is 7.05 Å². The van der Waals surface area contributed by atoms with Crippen molar-refractivity contribution in [3.05, 3.63) is 0 Å². The Morgan fingerprint density at radius 2 is 1.93 bits per heavy atom. The van der Waals surface area contributed by atoms with E-state index in [-0.39, 0.29) is 0 Å². The van der Waals surface area contributed by atoms with Crippen molar-refractivity contribution in [1.82, 2.24) is 5.32 Å². The smallest absolute Gasteiger partial charge is 0.00358 e. The van der Waals surface area contributed by atoms with Crippen LogP contribution < -0.4 is 5.32 Å². The summed E-state index contributed by atoms with van der Waals surface area (Å²) >= 11 is 0. The van der Waals surface area contributed by atoms with Crippen molar-refractivity contribution < 1.29 is 0 Å². The Balaban J connectivity index is 2.20. The Kier molecular flexibility index (Phi) is 4.94. The molecule has 4 unspecified atom stereocenters. The number of hydrogen-bond acceptors (Lipinski definition) is 1. The molecule has 4 atom stereocenters. The lowest BCUT2D eigenvalue weighted by Gasteiger charge is -2.32. The summed E-state index contributed by atoms with van der Waals surface area (Å²) in [5.41, 5.74) is 0. The Bertz CT molecular complexity index is 155. The second-order valence-corrected chi connectivity index (χ2v) is 5.40. The number of hydrogen-bond donors (Lipinski definition) is 1. The van der Waals surface area contributed by atoms with Crippen molar-refractivity contribution in [2.45, 2.75) is 58.9 Å². The molecular weight excluding hydrogens is 170 g/mol. The number of nitrogens with one attached hydrogen (secondary N) is 1. The molecule has 1 heteroatoms. The largest absolute Gasteiger partial charge is 0.317 e. The molecule has 1 aliphatic rings. The van der Waals surface area contributed by atoms with Crippen molar-refractivity contribution in [1.29, 1.82) is 0 Å². The lowest BCUT2D eigenvalue weighted by molar-refractivity contribution is 0.195. The van der Waals surface area contributed by atoms with Gasteiger partial charge in [0.25, 0.3) is 0 Å². The molecule has 1 rings (SSSR count). The van der Waals surface area contributed by atoms with E-state index in [1.54, 1.807) is 0 Å². The predicted molar refractivity (Wildman–Crippen MR) is 63.4 cm³/mol. The van der Waals surface area contributed by atoms with Gasteiger partial charge in [0.05, 0.1) is 0 Å². The summed E-state index contributed by atoms with van der Waals surface area (Å²) in [4.78, 5) is 0. The van der Waals surface area contributed by atoms with Gasteiger partial charge in [-0.2, -0.15) is 0 Å². The summed E-state index contributed by atoms with van der Waals surface area (Å²) in [6.45, 7) is 7.13. The van der Waals surface area contributed by atoms with E-state index >= 15 is 0 Å². The van der Waals surface area contributed by atoms with Gasteiger partial charge in [-0.05, 0) is 51.0 Å². The quantitative estimate of drug-likeness (QED) is 0.728. The molecule has 14 heavy (non-hydrogen) atoms.